The molecule has 4 heteroatoms. The summed E-state index contributed by atoms with van der Waals surface area (Å²) in [4.78, 5) is 6.33. The van der Waals surface area contributed by atoms with Crippen LogP contribution in [-0.4, -0.2) is 36.9 Å². The molecule has 0 bridgehead atoms. The predicted octanol–water partition coefficient (Wildman–Crippen LogP) is 1.61. The molecule has 1 heterocycles. The number of hydrogen-bond donors (Lipinski definition) is 1. The van der Waals surface area contributed by atoms with E-state index in [1.807, 2.05) is 24.1 Å². The minimum atomic E-state index is -0.513. The lowest BCUT2D eigenvalue weighted by Gasteiger charge is -2.27. The molecule has 4 nitrogen and oxygen atoms in total. The van der Waals surface area contributed by atoms with E-state index in [4.69, 9.17) is 4.74 Å². The molecule has 0 amide bonds. The molecular weight excluding hydrogens is 204 g/mol. The van der Waals surface area contributed by atoms with Gasteiger partial charge in [0.15, 0.2) is 0 Å². The van der Waals surface area contributed by atoms with Gasteiger partial charge in [0.05, 0.1) is 18.8 Å². The van der Waals surface area contributed by atoms with Crippen LogP contribution in [0.5, 0.6) is 0 Å². The number of anilines is 1. The lowest BCUT2D eigenvalue weighted by molar-refractivity contribution is 0.181. The molecule has 0 aliphatic carbocycles. The van der Waals surface area contributed by atoms with Crippen molar-refractivity contribution >= 4 is 5.82 Å². The van der Waals surface area contributed by atoms with E-state index in [0.29, 0.717) is 6.61 Å². The third kappa shape index (κ3) is 2.93. The highest BCUT2D eigenvalue weighted by molar-refractivity contribution is 5.47. The average molecular weight is 224 g/mol. The minimum Gasteiger partial charge on any atom is -0.389 e. The maximum Gasteiger partial charge on any atom is 0.134 e. The van der Waals surface area contributed by atoms with Gasteiger partial charge in [-0.25, -0.2) is 4.98 Å². The minimum absolute atomic E-state index is 0.220. The Morgan fingerprint density at radius 2 is 2.19 bits per heavy atom. The molecule has 0 saturated heterocycles. The summed E-state index contributed by atoms with van der Waals surface area (Å²) in [6, 6.07) is 3.95. The smallest absolute Gasteiger partial charge is 0.134 e. The molecule has 1 rings (SSSR count). The van der Waals surface area contributed by atoms with Crippen LogP contribution in [-0.2, 0) is 4.74 Å². The van der Waals surface area contributed by atoms with Crippen molar-refractivity contribution < 1.29 is 9.84 Å². The molecule has 0 spiro atoms. The largest absolute Gasteiger partial charge is 0.389 e. The Kier molecular flexibility index (Phi) is 4.71. The molecule has 0 fully saturated rings. The monoisotopic (exact) mass is 224 g/mol. The van der Waals surface area contributed by atoms with Gasteiger partial charge in [0, 0.05) is 25.9 Å². The summed E-state index contributed by atoms with van der Waals surface area (Å²) in [5.41, 5.74) is 0.841. The molecule has 1 aromatic rings. The Hall–Kier alpha value is -1.13. The highest BCUT2D eigenvalue weighted by Crippen LogP contribution is 2.23. The summed E-state index contributed by atoms with van der Waals surface area (Å²) < 4.78 is 5.11. The van der Waals surface area contributed by atoms with E-state index in [1.54, 1.807) is 20.2 Å². The number of aliphatic hydroxyl groups excluding tert-OH is 1. The van der Waals surface area contributed by atoms with E-state index in [0.717, 1.165) is 11.4 Å². The lowest BCUT2D eigenvalue weighted by Crippen LogP contribution is -2.34. The van der Waals surface area contributed by atoms with Crippen LogP contribution in [0, 0.1) is 0 Å². The van der Waals surface area contributed by atoms with Gasteiger partial charge in [-0.1, -0.05) is 6.07 Å². The molecule has 0 saturated carbocycles. The van der Waals surface area contributed by atoms with Crippen LogP contribution in [0.4, 0.5) is 5.82 Å². The van der Waals surface area contributed by atoms with Crippen LogP contribution < -0.4 is 4.90 Å². The summed E-state index contributed by atoms with van der Waals surface area (Å²) in [5, 5.41) is 9.67. The Bertz CT molecular complexity index is 329. The molecule has 1 unspecified atom stereocenters. The van der Waals surface area contributed by atoms with Gasteiger partial charge in [0.25, 0.3) is 0 Å². The van der Waals surface area contributed by atoms with Gasteiger partial charge >= 0.3 is 0 Å². The van der Waals surface area contributed by atoms with E-state index >= 15 is 0 Å². The summed E-state index contributed by atoms with van der Waals surface area (Å²) >= 11 is 0. The normalized spacial score (nSPS) is 14.6. The molecule has 0 aliphatic rings. The van der Waals surface area contributed by atoms with Crippen molar-refractivity contribution in [2.75, 3.05) is 25.7 Å². The zero-order valence-corrected chi connectivity index (χ0v) is 10.3. The van der Waals surface area contributed by atoms with Gasteiger partial charge in [-0.3, -0.25) is 0 Å². The zero-order chi connectivity index (χ0) is 12.1. The quantitative estimate of drug-likeness (QED) is 0.825. The van der Waals surface area contributed by atoms with Crippen molar-refractivity contribution in [2.24, 2.45) is 0 Å². The first kappa shape index (κ1) is 12.9. The van der Waals surface area contributed by atoms with Gasteiger partial charge in [-0.05, 0) is 19.9 Å². The molecule has 90 valence electrons. The molecule has 0 aromatic carbocycles. The number of ether oxygens (including phenoxy) is 1. The van der Waals surface area contributed by atoms with E-state index in [-0.39, 0.29) is 6.04 Å². The van der Waals surface area contributed by atoms with Gasteiger partial charge in [-0.15, -0.1) is 0 Å². The van der Waals surface area contributed by atoms with E-state index in [1.165, 1.54) is 0 Å². The Labute approximate surface area is 96.9 Å². The second kappa shape index (κ2) is 5.82. The van der Waals surface area contributed by atoms with Crippen molar-refractivity contribution in [1.82, 2.24) is 4.98 Å². The van der Waals surface area contributed by atoms with Crippen LogP contribution in [0.15, 0.2) is 18.3 Å². The van der Waals surface area contributed by atoms with Crippen LogP contribution in [0.1, 0.15) is 25.5 Å². The molecule has 1 N–H and O–H groups in total. The molecule has 1 aromatic heterocycles. The SMILES string of the molecule is COCC(C)N(C)c1ncccc1[C@H](C)O. The van der Waals surface area contributed by atoms with Crippen molar-refractivity contribution in [3.63, 3.8) is 0 Å². The van der Waals surface area contributed by atoms with E-state index in [2.05, 4.69) is 11.9 Å². The van der Waals surface area contributed by atoms with Gasteiger partial charge in [-0.2, -0.15) is 0 Å². The number of nitrogens with zero attached hydrogens (tertiary/aromatic N) is 2. The Morgan fingerprint density at radius 1 is 1.50 bits per heavy atom. The fourth-order valence-electron chi connectivity index (χ4n) is 1.59. The molecular formula is C12H20N2O2. The second-order valence-electron chi connectivity index (χ2n) is 4.01. The number of rotatable bonds is 5. The first-order chi connectivity index (χ1) is 7.57. The van der Waals surface area contributed by atoms with Crippen molar-refractivity contribution in [3.05, 3.63) is 23.9 Å². The predicted molar refractivity (Wildman–Crippen MR) is 64.6 cm³/mol. The topological polar surface area (TPSA) is 45.6 Å². The van der Waals surface area contributed by atoms with Crippen molar-refractivity contribution in [3.8, 4) is 0 Å². The molecule has 0 aliphatic heterocycles. The lowest BCUT2D eigenvalue weighted by atomic mass is 10.1. The fraction of sp³-hybridized carbons (Fsp3) is 0.583. The first-order valence-electron chi connectivity index (χ1n) is 5.42. The van der Waals surface area contributed by atoms with E-state index in [9.17, 15) is 5.11 Å². The maximum atomic E-state index is 9.67. The number of aliphatic hydroxyl groups is 1. The van der Waals surface area contributed by atoms with Crippen molar-refractivity contribution in [2.45, 2.75) is 26.0 Å². The first-order valence-corrected chi connectivity index (χ1v) is 5.42. The number of hydrogen-bond acceptors (Lipinski definition) is 4. The second-order valence-corrected chi connectivity index (χ2v) is 4.01. The molecule has 16 heavy (non-hydrogen) atoms. The van der Waals surface area contributed by atoms with E-state index < -0.39 is 6.10 Å². The molecule has 0 radical (unpaired) electrons. The Balaban J connectivity index is 2.93. The fourth-order valence-corrected chi connectivity index (χ4v) is 1.59. The maximum absolute atomic E-state index is 9.67. The van der Waals surface area contributed by atoms with Crippen molar-refractivity contribution in [1.29, 1.82) is 0 Å². The highest BCUT2D eigenvalue weighted by Gasteiger charge is 2.16. The van der Waals surface area contributed by atoms with Gasteiger partial charge in [0.1, 0.15) is 5.82 Å². The van der Waals surface area contributed by atoms with Crippen LogP contribution >= 0.6 is 0 Å². The summed E-state index contributed by atoms with van der Waals surface area (Å²) in [6.45, 7) is 4.44. The third-order valence-corrected chi connectivity index (χ3v) is 2.67. The third-order valence-electron chi connectivity index (χ3n) is 2.67. The number of methoxy groups -OCH3 is 1. The number of aromatic nitrogens is 1. The average Bonchev–Trinajstić information content (AvgIpc) is 2.28. The zero-order valence-electron chi connectivity index (χ0n) is 10.3. The summed E-state index contributed by atoms with van der Waals surface area (Å²) in [6.07, 6.45) is 1.22. The van der Waals surface area contributed by atoms with Crippen LogP contribution in [0.3, 0.4) is 0 Å². The standard InChI is InChI=1S/C12H20N2O2/c1-9(8-16-4)14(3)12-11(10(2)15)6-5-7-13-12/h5-7,9-10,15H,8H2,1-4H3/t9?,10-/m0/s1. The summed E-state index contributed by atoms with van der Waals surface area (Å²) in [5.74, 6) is 0.807. The van der Waals surface area contributed by atoms with Crippen LogP contribution in [0.25, 0.3) is 0 Å². The van der Waals surface area contributed by atoms with Gasteiger partial charge < -0.3 is 14.7 Å². The number of likely N-dealkylation sites (N-methyl/N-ethyl adjacent to an activating group) is 1. The van der Waals surface area contributed by atoms with Crippen LogP contribution in [0.2, 0.25) is 0 Å². The summed E-state index contributed by atoms with van der Waals surface area (Å²) in [7, 11) is 3.64. The van der Waals surface area contributed by atoms with Gasteiger partial charge in [0.2, 0.25) is 0 Å². The Morgan fingerprint density at radius 3 is 2.75 bits per heavy atom. The number of pyridine rings is 1. The highest BCUT2D eigenvalue weighted by atomic mass is 16.5. The molecule has 2 atom stereocenters.